The number of hydrogen-bond acceptors (Lipinski definition) is 3. The molecular formula is C16H22BrN3O. The minimum absolute atomic E-state index is 0.252. The second kappa shape index (κ2) is 7.61. The topological polar surface area (TPSA) is 39.1 Å². The Balaban J connectivity index is 2.22. The Morgan fingerprint density at radius 3 is 2.86 bits per heavy atom. The maximum Gasteiger partial charge on any atom is 0.119 e. The van der Waals surface area contributed by atoms with Gasteiger partial charge in [0.05, 0.1) is 13.3 Å². The molecular weight excluding hydrogens is 330 g/mol. The molecule has 0 saturated heterocycles. The van der Waals surface area contributed by atoms with Crippen LogP contribution < -0.4 is 10.1 Å². The van der Waals surface area contributed by atoms with Crippen molar-refractivity contribution < 1.29 is 4.74 Å². The van der Waals surface area contributed by atoms with Gasteiger partial charge in [0.15, 0.2) is 0 Å². The van der Waals surface area contributed by atoms with E-state index in [0.717, 1.165) is 29.6 Å². The van der Waals surface area contributed by atoms with Crippen LogP contribution in [-0.4, -0.2) is 23.4 Å². The lowest BCUT2D eigenvalue weighted by Crippen LogP contribution is -2.24. The third-order valence-corrected chi connectivity index (χ3v) is 4.22. The summed E-state index contributed by atoms with van der Waals surface area (Å²) in [5, 5.41) is 7.88. The van der Waals surface area contributed by atoms with Gasteiger partial charge in [-0.05, 0) is 43.1 Å². The molecule has 114 valence electrons. The molecule has 0 aliphatic heterocycles. The van der Waals surface area contributed by atoms with E-state index in [9.17, 15) is 0 Å². The summed E-state index contributed by atoms with van der Waals surface area (Å²) >= 11 is 3.63. The maximum absolute atomic E-state index is 5.32. The van der Waals surface area contributed by atoms with Crippen molar-refractivity contribution >= 4 is 15.9 Å². The number of nitrogens with one attached hydrogen (secondary N) is 1. The molecule has 0 radical (unpaired) electrons. The van der Waals surface area contributed by atoms with Crippen LogP contribution in [0.5, 0.6) is 5.75 Å². The Morgan fingerprint density at radius 2 is 2.24 bits per heavy atom. The van der Waals surface area contributed by atoms with E-state index in [2.05, 4.69) is 45.5 Å². The van der Waals surface area contributed by atoms with Crippen molar-refractivity contribution in [2.75, 3.05) is 13.7 Å². The molecule has 0 saturated carbocycles. The monoisotopic (exact) mass is 351 g/mol. The average Bonchev–Trinajstić information content (AvgIpc) is 2.91. The first-order valence-electron chi connectivity index (χ1n) is 7.18. The zero-order valence-corrected chi connectivity index (χ0v) is 14.4. The predicted molar refractivity (Wildman–Crippen MR) is 88.6 cm³/mol. The highest BCUT2D eigenvalue weighted by Gasteiger charge is 2.15. The van der Waals surface area contributed by atoms with Gasteiger partial charge in [-0.15, -0.1) is 0 Å². The summed E-state index contributed by atoms with van der Waals surface area (Å²) in [6.07, 6.45) is 6.00. The summed E-state index contributed by atoms with van der Waals surface area (Å²) in [4.78, 5) is 0. The van der Waals surface area contributed by atoms with Gasteiger partial charge in [0.1, 0.15) is 5.75 Å². The molecule has 1 atom stereocenters. The fourth-order valence-corrected chi connectivity index (χ4v) is 2.71. The molecule has 1 aromatic carbocycles. The van der Waals surface area contributed by atoms with Crippen molar-refractivity contribution in [3.8, 4) is 5.75 Å². The van der Waals surface area contributed by atoms with Crippen LogP contribution in [0, 0.1) is 0 Å². The second-order valence-corrected chi connectivity index (χ2v) is 5.97. The van der Waals surface area contributed by atoms with E-state index in [1.54, 1.807) is 7.11 Å². The quantitative estimate of drug-likeness (QED) is 0.829. The molecule has 1 heterocycles. The van der Waals surface area contributed by atoms with Gasteiger partial charge in [-0.1, -0.05) is 22.9 Å². The second-order valence-electron chi connectivity index (χ2n) is 5.12. The molecule has 0 amide bonds. The lowest BCUT2D eigenvalue weighted by Gasteiger charge is -2.18. The van der Waals surface area contributed by atoms with Crippen molar-refractivity contribution in [3.05, 3.63) is 46.2 Å². The highest BCUT2D eigenvalue weighted by molar-refractivity contribution is 9.10. The highest BCUT2D eigenvalue weighted by Crippen LogP contribution is 2.27. The van der Waals surface area contributed by atoms with E-state index in [4.69, 9.17) is 4.74 Å². The number of methoxy groups -OCH3 is 1. The Kier molecular flexibility index (Phi) is 5.82. The van der Waals surface area contributed by atoms with Crippen LogP contribution in [0.25, 0.3) is 0 Å². The first-order valence-corrected chi connectivity index (χ1v) is 7.97. The van der Waals surface area contributed by atoms with Gasteiger partial charge >= 0.3 is 0 Å². The fourth-order valence-electron chi connectivity index (χ4n) is 2.30. The van der Waals surface area contributed by atoms with E-state index < -0.39 is 0 Å². The van der Waals surface area contributed by atoms with Crippen molar-refractivity contribution in [2.45, 2.75) is 25.8 Å². The van der Waals surface area contributed by atoms with Crippen molar-refractivity contribution in [3.63, 3.8) is 0 Å². The molecule has 0 aliphatic rings. The van der Waals surface area contributed by atoms with E-state index in [1.807, 2.05) is 30.1 Å². The number of halogens is 1. The predicted octanol–water partition coefficient (Wildman–Crippen LogP) is 3.47. The van der Waals surface area contributed by atoms with Crippen molar-refractivity contribution in [2.24, 2.45) is 7.05 Å². The Hall–Kier alpha value is -1.33. The maximum atomic E-state index is 5.32. The normalized spacial score (nSPS) is 12.4. The van der Waals surface area contributed by atoms with Crippen LogP contribution in [0.15, 0.2) is 35.1 Å². The first-order chi connectivity index (χ1) is 10.1. The zero-order chi connectivity index (χ0) is 15.2. The Morgan fingerprint density at radius 1 is 1.43 bits per heavy atom. The van der Waals surface area contributed by atoms with Gasteiger partial charge in [-0.3, -0.25) is 4.68 Å². The van der Waals surface area contributed by atoms with Crippen LogP contribution >= 0.6 is 15.9 Å². The third kappa shape index (κ3) is 4.32. The van der Waals surface area contributed by atoms with E-state index in [1.165, 1.54) is 11.1 Å². The Bertz CT molecular complexity index is 583. The highest BCUT2D eigenvalue weighted by atomic mass is 79.9. The standard InChI is InChI=1S/C16H22BrN3O/c1-4-7-18-16(13-10-19-20(2)11-13)9-12-8-14(21-3)5-6-15(12)17/h5-6,8,10-11,16,18H,4,7,9H2,1-3H3. The van der Waals surface area contributed by atoms with Crippen LogP contribution in [0.3, 0.4) is 0 Å². The third-order valence-electron chi connectivity index (χ3n) is 3.44. The van der Waals surface area contributed by atoms with Gasteiger partial charge in [-0.25, -0.2) is 0 Å². The summed E-state index contributed by atoms with van der Waals surface area (Å²) in [6, 6.07) is 6.34. The number of benzene rings is 1. The van der Waals surface area contributed by atoms with Crippen LogP contribution in [0.4, 0.5) is 0 Å². The molecule has 2 rings (SSSR count). The lowest BCUT2D eigenvalue weighted by atomic mass is 10.0. The van der Waals surface area contributed by atoms with Crippen molar-refractivity contribution in [1.82, 2.24) is 15.1 Å². The number of nitrogens with zero attached hydrogens (tertiary/aromatic N) is 2. The van der Waals surface area contributed by atoms with Crippen LogP contribution in [-0.2, 0) is 13.5 Å². The molecule has 0 fully saturated rings. The molecule has 1 aromatic heterocycles. The van der Waals surface area contributed by atoms with Crippen LogP contribution in [0.1, 0.15) is 30.5 Å². The molecule has 0 aliphatic carbocycles. The zero-order valence-electron chi connectivity index (χ0n) is 12.8. The fraction of sp³-hybridized carbons (Fsp3) is 0.438. The average molecular weight is 352 g/mol. The van der Waals surface area contributed by atoms with Gasteiger partial charge in [0, 0.05) is 29.3 Å². The van der Waals surface area contributed by atoms with Crippen molar-refractivity contribution in [1.29, 1.82) is 0 Å². The number of rotatable bonds is 7. The molecule has 4 nitrogen and oxygen atoms in total. The summed E-state index contributed by atoms with van der Waals surface area (Å²) in [6.45, 7) is 3.16. The van der Waals surface area contributed by atoms with Crippen LogP contribution in [0.2, 0.25) is 0 Å². The van der Waals surface area contributed by atoms with E-state index in [0.29, 0.717) is 0 Å². The Labute approximate surface area is 134 Å². The molecule has 1 unspecified atom stereocenters. The summed E-state index contributed by atoms with van der Waals surface area (Å²) in [7, 11) is 3.64. The number of aromatic nitrogens is 2. The smallest absolute Gasteiger partial charge is 0.119 e. The molecule has 0 bridgehead atoms. The number of aryl methyl sites for hydroxylation is 1. The summed E-state index contributed by atoms with van der Waals surface area (Å²) in [5.74, 6) is 0.883. The van der Waals surface area contributed by atoms with E-state index >= 15 is 0 Å². The van der Waals surface area contributed by atoms with Gasteiger partial charge < -0.3 is 10.1 Å². The minimum atomic E-state index is 0.252. The number of hydrogen-bond donors (Lipinski definition) is 1. The summed E-state index contributed by atoms with van der Waals surface area (Å²) in [5.41, 5.74) is 2.44. The minimum Gasteiger partial charge on any atom is -0.497 e. The lowest BCUT2D eigenvalue weighted by molar-refractivity contribution is 0.413. The molecule has 21 heavy (non-hydrogen) atoms. The summed E-state index contributed by atoms with van der Waals surface area (Å²) < 4.78 is 8.28. The van der Waals surface area contributed by atoms with Gasteiger partial charge in [0.2, 0.25) is 0 Å². The van der Waals surface area contributed by atoms with E-state index in [-0.39, 0.29) is 6.04 Å². The first kappa shape index (κ1) is 16.0. The molecule has 5 heteroatoms. The largest absolute Gasteiger partial charge is 0.497 e. The van der Waals surface area contributed by atoms with Gasteiger partial charge in [-0.2, -0.15) is 5.10 Å². The van der Waals surface area contributed by atoms with Gasteiger partial charge in [0.25, 0.3) is 0 Å². The number of ether oxygens (including phenoxy) is 1. The molecule has 0 spiro atoms. The SMILES string of the molecule is CCCNC(Cc1cc(OC)ccc1Br)c1cnn(C)c1. The molecule has 2 aromatic rings. The molecule has 1 N–H and O–H groups in total.